The number of hydrogen-bond acceptors (Lipinski definition) is 2. The highest BCUT2D eigenvalue weighted by molar-refractivity contribution is 9.08. The molecule has 0 unspecified atom stereocenters. The van der Waals surface area contributed by atoms with E-state index in [-0.39, 0.29) is 0 Å². The molecule has 1 nitrogen and oxygen atoms in total. The molecular weight excluding hydrogens is 258 g/mol. The van der Waals surface area contributed by atoms with Gasteiger partial charge < -0.3 is 5.73 Å². The van der Waals surface area contributed by atoms with Gasteiger partial charge in [-0.05, 0) is 29.5 Å². The molecule has 2 N–H and O–H groups in total. The third kappa shape index (κ3) is 1.55. The minimum Gasteiger partial charge on any atom is -0.398 e. The number of hydrogen-bond donors (Lipinski definition) is 1. The number of alkyl halides is 1. The number of anilines is 1. The zero-order valence-electron chi connectivity index (χ0n) is 8.01. The van der Waals surface area contributed by atoms with Crippen molar-refractivity contribution in [2.75, 3.05) is 5.73 Å². The van der Waals surface area contributed by atoms with Crippen LogP contribution in [-0.2, 0) is 11.8 Å². The molecule has 0 radical (unpaired) electrons. The van der Waals surface area contributed by atoms with Gasteiger partial charge in [0.25, 0.3) is 0 Å². The van der Waals surface area contributed by atoms with Crippen LogP contribution >= 0.6 is 27.3 Å². The Labute approximate surface area is 96.1 Å². The molecule has 0 saturated heterocycles. The van der Waals surface area contributed by atoms with Crippen LogP contribution in [0.25, 0.3) is 10.1 Å². The summed E-state index contributed by atoms with van der Waals surface area (Å²) in [6.45, 7) is 2.15. The summed E-state index contributed by atoms with van der Waals surface area (Å²) in [5, 5.41) is 2.24. The molecule has 1 aromatic heterocycles. The van der Waals surface area contributed by atoms with Crippen LogP contribution in [0.2, 0.25) is 0 Å². The highest BCUT2D eigenvalue weighted by atomic mass is 79.9. The smallest absolute Gasteiger partial charge is 0.0398 e. The van der Waals surface area contributed by atoms with Gasteiger partial charge in [-0.1, -0.05) is 28.9 Å². The standard InChI is InChI=1S/C11H12BrNS/c1-2-9-10(13)4-3-7-5-8(6-12)14-11(7)9/h3-5H,2,6,13H2,1H3. The quantitative estimate of drug-likeness (QED) is 0.649. The van der Waals surface area contributed by atoms with Crippen molar-refractivity contribution in [3.8, 4) is 0 Å². The van der Waals surface area contributed by atoms with Crippen molar-refractivity contribution in [2.24, 2.45) is 0 Å². The molecule has 14 heavy (non-hydrogen) atoms. The topological polar surface area (TPSA) is 26.0 Å². The van der Waals surface area contributed by atoms with Crippen molar-refractivity contribution in [1.82, 2.24) is 0 Å². The minimum atomic E-state index is 0.919. The van der Waals surface area contributed by atoms with Gasteiger partial charge in [0, 0.05) is 20.6 Å². The van der Waals surface area contributed by atoms with Crippen molar-refractivity contribution in [1.29, 1.82) is 0 Å². The molecule has 0 spiro atoms. The van der Waals surface area contributed by atoms with E-state index in [0.717, 1.165) is 17.4 Å². The lowest BCUT2D eigenvalue weighted by Gasteiger charge is -2.03. The van der Waals surface area contributed by atoms with E-state index in [1.807, 2.05) is 17.4 Å². The van der Waals surface area contributed by atoms with Crippen molar-refractivity contribution in [2.45, 2.75) is 18.7 Å². The van der Waals surface area contributed by atoms with Crippen LogP contribution in [0.15, 0.2) is 18.2 Å². The van der Waals surface area contributed by atoms with Crippen molar-refractivity contribution >= 4 is 43.0 Å². The molecule has 2 aromatic rings. The SMILES string of the molecule is CCc1c(N)ccc2cc(CBr)sc12. The lowest BCUT2D eigenvalue weighted by Crippen LogP contribution is -1.91. The van der Waals surface area contributed by atoms with Gasteiger partial charge in [0.15, 0.2) is 0 Å². The Morgan fingerprint density at radius 3 is 2.86 bits per heavy atom. The van der Waals surface area contributed by atoms with Gasteiger partial charge in [-0.3, -0.25) is 0 Å². The van der Waals surface area contributed by atoms with E-state index in [4.69, 9.17) is 5.73 Å². The number of nitrogens with two attached hydrogens (primary N) is 1. The molecule has 0 aliphatic heterocycles. The summed E-state index contributed by atoms with van der Waals surface area (Å²) < 4.78 is 1.35. The monoisotopic (exact) mass is 269 g/mol. The summed E-state index contributed by atoms with van der Waals surface area (Å²) in [6, 6.07) is 6.34. The average Bonchev–Trinajstić information content (AvgIpc) is 2.60. The highest BCUT2D eigenvalue weighted by Gasteiger charge is 2.07. The summed E-state index contributed by atoms with van der Waals surface area (Å²) in [6.07, 6.45) is 1.01. The molecule has 0 fully saturated rings. The first-order valence-corrected chi connectivity index (χ1v) is 6.55. The molecular formula is C11H12BrNS. The molecule has 1 aromatic carbocycles. The number of benzene rings is 1. The number of fused-ring (bicyclic) bond motifs is 1. The zero-order valence-corrected chi connectivity index (χ0v) is 10.4. The fraction of sp³-hybridized carbons (Fsp3) is 0.273. The second-order valence-electron chi connectivity index (χ2n) is 3.25. The van der Waals surface area contributed by atoms with Crippen LogP contribution in [0, 0.1) is 0 Å². The molecule has 1 heterocycles. The molecule has 3 heteroatoms. The molecule has 0 amide bonds. The van der Waals surface area contributed by atoms with Crippen LogP contribution in [0.5, 0.6) is 0 Å². The van der Waals surface area contributed by atoms with Crippen molar-refractivity contribution in [3.05, 3.63) is 28.6 Å². The van der Waals surface area contributed by atoms with E-state index in [1.54, 1.807) is 0 Å². The van der Waals surface area contributed by atoms with E-state index < -0.39 is 0 Å². The molecule has 0 aliphatic rings. The van der Waals surface area contributed by atoms with Crippen LogP contribution in [0.4, 0.5) is 5.69 Å². The van der Waals surface area contributed by atoms with E-state index >= 15 is 0 Å². The first-order chi connectivity index (χ1) is 6.76. The molecule has 0 aliphatic carbocycles. The summed E-state index contributed by atoms with van der Waals surface area (Å²) >= 11 is 5.32. The van der Waals surface area contributed by atoms with Crippen molar-refractivity contribution in [3.63, 3.8) is 0 Å². The molecule has 0 bridgehead atoms. The fourth-order valence-electron chi connectivity index (χ4n) is 1.66. The van der Waals surface area contributed by atoms with Crippen molar-refractivity contribution < 1.29 is 0 Å². The Bertz CT molecular complexity index is 462. The van der Waals surface area contributed by atoms with Crippen LogP contribution in [0.3, 0.4) is 0 Å². The second kappa shape index (κ2) is 3.91. The number of aryl methyl sites for hydroxylation is 1. The Kier molecular flexibility index (Phi) is 2.79. The normalized spacial score (nSPS) is 11.0. The van der Waals surface area contributed by atoms with Crippen LogP contribution in [0.1, 0.15) is 17.4 Å². The van der Waals surface area contributed by atoms with Gasteiger partial charge in [-0.2, -0.15) is 0 Å². The van der Waals surface area contributed by atoms with Gasteiger partial charge >= 0.3 is 0 Å². The first-order valence-electron chi connectivity index (χ1n) is 4.62. The average molecular weight is 270 g/mol. The van der Waals surface area contributed by atoms with E-state index in [0.29, 0.717) is 0 Å². The number of thiophene rings is 1. The van der Waals surface area contributed by atoms with Gasteiger partial charge in [-0.15, -0.1) is 11.3 Å². The molecule has 0 atom stereocenters. The third-order valence-corrected chi connectivity index (χ3v) is 4.55. The molecule has 2 rings (SSSR count). The number of nitrogen functional groups attached to an aromatic ring is 1. The molecule has 74 valence electrons. The summed E-state index contributed by atoms with van der Waals surface area (Å²) in [4.78, 5) is 1.36. The maximum atomic E-state index is 5.94. The largest absolute Gasteiger partial charge is 0.398 e. The Hall–Kier alpha value is -0.540. The van der Waals surface area contributed by atoms with E-state index in [1.165, 1.54) is 20.5 Å². The second-order valence-corrected chi connectivity index (χ2v) is 4.95. The predicted octanol–water partition coefficient (Wildman–Crippen LogP) is 3.94. The van der Waals surface area contributed by atoms with Gasteiger partial charge in [0.1, 0.15) is 0 Å². The van der Waals surface area contributed by atoms with Gasteiger partial charge in [0.2, 0.25) is 0 Å². The van der Waals surface area contributed by atoms with Crippen LogP contribution in [-0.4, -0.2) is 0 Å². The maximum absolute atomic E-state index is 5.94. The zero-order chi connectivity index (χ0) is 10.1. The lowest BCUT2D eigenvalue weighted by molar-refractivity contribution is 1.17. The van der Waals surface area contributed by atoms with E-state index in [9.17, 15) is 0 Å². The Morgan fingerprint density at radius 2 is 2.21 bits per heavy atom. The fourth-order valence-corrected chi connectivity index (χ4v) is 3.30. The minimum absolute atomic E-state index is 0.919. The maximum Gasteiger partial charge on any atom is 0.0398 e. The molecule has 0 saturated carbocycles. The Morgan fingerprint density at radius 1 is 1.43 bits per heavy atom. The van der Waals surface area contributed by atoms with Gasteiger partial charge in [-0.25, -0.2) is 0 Å². The lowest BCUT2D eigenvalue weighted by atomic mass is 10.1. The summed E-state index contributed by atoms with van der Waals surface area (Å²) in [5.74, 6) is 0. The number of halogens is 1. The Balaban J connectivity index is 2.73. The predicted molar refractivity (Wildman–Crippen MR) is 68.2 cm³/mol. The highest BCUT2D eigenvalue weighted by Crippen LogP contribution is 2.33. The first kappa shape index (κ1) is 9.99. The van der Waals surface area contributed by atoms with Crippen LogP contribution < -0.4 is 5.73 Å². The third-order valence-electron chi connectivity index (χ3n) is 2.36. The summed E-state index contributed by atoms with van der Waals surface area (Å²) in [7, 11) is 0. The van der Waals surface area contributed by atoms with E-state index in [2.05, 4.69) is 35.0 Å². The summed E-state index contributed by atoms with van der Waals surface area (Å²) in [5.41, 5.74) is 8.15. The van der Waals surface area contributed by atoms with Gasteiger partial charge in [0.05, 0.1) is 0 Å². The number of rotatable bonds is 2.